The predicted octanol–water partition coefficient (Wildman–Crippen LogP) is 2.85. The maximum Gasteiger partial charge on any atom is 0.265 e. The lowest BCUT2D eigenvalue weighted by Crippen LogP contribution is -2.49. The van der Waals surface area contributed by atoms with Crippen molar-refractivity contribution in [1.82, 2.24) is 24.5 Å². The first-order valence-corrected chi connectivity index (χ1v) is 12.9. The second-order valence-corrected chi connectivity index (χ2v) is 11.2. The fourth-order valence-electron chi connectivity index (χ4n) is 5.64. The van der Waals surface area contributed by atoms with Gasteiger partial charge in [0.2, 0.25) is 11.8 Å². The van der Waals surface area contributed by atoms with Crippen LogP contribution in [0.1, 0.15) is 67.2 Å². The third-order valence-electron chi connectivity index (χ3n) is 7.49. The molecule has 3 aliphatic rings. The molecule has 0 aromatic carbocycles. The summed E-state index contributed by atoms with van der Waals surface area (Å²) in [5.41, 5.74) is 0.655. The highest BCUT2D eigenvalue weighted by Gasteiger charge is 2.46. The predicted molar refractivity (Wildman–Crippen MR) is 126 cm³/mol. The molecule has 1 aliphatic carbocycles. The van der Waals surface area contributed by atoms with Gasteiger partial charge in [0.15, 0.2) is 4.96 Å². The lowest BCUT2D eigenvalue weighted by atomic mass is 9.80. The van der Waals surface area contributed by atoms with Crippen LogP contribution in [0.4, 0.5) is 0 Å². The van der Waals surface area contributed by atoms with E-state index < -0.39 is 0 Å². The van der Waals surface area contributed by atoms with Crippen molar-refractivity contribution < 1.29 is 14.4 Å². The highest BCUT2D eigenvalue weighted by atomic mass is 32.1. The normalized spacial score (nSPS) is 24.7. The average molecular weight is 472 g/mol. The van der Waals surface area contributed by atoms with Crippen molar-refractivity contribution in [3.8, 4) is 0 Å². The summed E-state index contributed by atoms with van der Waals surface area (Å²) in [4.78, 5) is 47.8. The molecule has 33 heavy (non-hydrogen) atoms. The number of hydrogen-bond acceptors (Lipinski definition) is 5. The number of fused-ring (bicyclic) bond motifs is 1. The van der Waals surface area contributed by atoms with Crippen LogP contribution in [0.25, 0.3) is 4.96 Å². The third-order valence-corrected chi connectivity index (χ3v) is 8.48. The number of imidazole rings is 1. The van der Waals surface area contributed by atoms with E-state index in [1.165, 1.54) is 18.3 Å². The number of likely N-dealkylation sites (tertiary alicyclic amines) is 2. The van der Waals surface area contributed by atoms with E-state index in [-0.39, 0.29) is 23.3 Å². The van der Waals surface area contributed by atoms with Crippen LogP contribution in [0.5, 0.6) is 0 Å². The van der Waals surface area contributed by atoms with Crippen molar-refractivity contribution >= 4 is 34.0 Å². The van der Waals surface area contributed by atoms with Gasteiger partial charge in [0.25, 0.3) is 5.91 Å². The zero-order chi connectivity index (χ0) is 23.2. The fourth-order valence-corrected chi connectivity index (χ4v) is 6.62. The molecular weight excluding hydrogens is 438 g/mol. The summed E-state index contributed by atoms with van der Waals surface area (Å²) in [5.74, 6) is 1.06. The molecule has 1 N–H and O–H groups in total. The molecule has 178 valence electrons. The molecule has 0 spiro atoms. The van der Waals surface area contributed by atoms with Crippen molar-refractivity contribution in [3.05, 3.63) is 23.0 Å². The van der Waals surface area contributed by atoms with Crippen molar-refractivity contribution in [2.45, 2.75) is 64.3 Å². The van der Waals surface area contributed by atoms with Crippen molar-refractivity contribution in [2.75, 3.05) is 26.2 Å². The molecule has 3 amide bonds. The Morgan fingerprint density at radius 2 is 1.76 bits per heavy atom. The van der Waals surface area contributed by atoms with E-state index in [0.29, 0.717) is 18.3 Å². The van der Waals surface area contributed by atoms with Crippen LogP contribution in [0.15, 0.2) is 12.4 Å². The number of aryl methyl sites for hydroxylation is 1. The highest BCUT2D eigenvalue weighted by molar-refractivity contribution is 7.18. The van der Waals surface area contributed by atoms with E-state index in [1.807, 2.05) is 33.5 Å². The summed E-state index contributed by atoms with van der Waals surface area (Å²) in [6.45, 7) is 6.61. The summed E-state index contributed by atoms with van der Waals surface area (Å²) < 4.78 is 1.94. The molecule has 2 aliphatic heterocycles. The number of amides is 3. The lowest BCUT2D eigenvalue weighted by Gasteiger charge is -2.41. The number of hydrogen-bond donors (Lipinski definition) is 1. The Morgan fingerprint density at radius 1 is 1.09 bits per heavy atom. The molecule has 2 unspecified atom stereocenters. The van der Waals surface area contributed by atoms with Crippen LogP contribution < -0.4 is 5.32 Å². The van der Waals surface area contributed by atoms with Gasteiger partial charge in [0.1, 0.15) is 4.88 Å². The molecule has 3 fully saturated rings. The van der Waals surface area contributed by atoms with Crippen molar-refractivity contribution in [2.24, 2.45) is 11.8 Å². The molecule has 5 rings (SSSR count). The number of rotatable bonds is 5. The van der Waals surface area contributed by atoms with Gasteiger partial charge in [-0.25, -0.2) is 4.98 Å². The fraction of sp³-hybridized carbons (Fsp3) is 0.667. The van der Waals surface area contributed by atoms with E-state index in [9.17, 15) is 14.4 Å². The van der Waals surface area contributed by atoms with Gasteiger partial charge >= 0.3 is 0 Å². The minimum Gasteiger partial charge on any atom is -0.350 e. The zero-order valence-electron chi connectivity index (χ0n) is 19.5. The maximum absolute atomic E-state index is 13.2. The van der Waals surface area contributed by atoms with Gasteiger partial charge in [-0.15, -0.1) is 0 Å². The standard InChI is InChI=1S/C24H33N5O3S/c1-16-12-29-15-20(33-23(29)25-16)22(32)28-10-4-6-19(14-28)18-5-3-9-27(13-18)21(31)11-24(7-8-24)26-17(2)30/h12,15,18-19H,3-11,13-14H2,1-2H3,(H,26,30). The lowest BCUT2D eigenvalue weighted by molar-refractivity contribution is -0.134. The van der Waals surface area contributed by atoms with Gasteiger partial charge < -0.3 is 15.1 Å². The monoisotopic (exact) mass is 471 g/mol. The molecule has 1 saturated carbocycles. The van der Waals surface area contributed by atoms with E-state index in [4.69, 9.17) is 0 Å². The van der Waals surface area contributed by atoms with Gasteiger partial charge in [0, 0.05) is 57.5 Å². The van der Waals surface area contributed by atoms with Crippen LogP contribution in [-0.4, -0.2) is 68.6 Å². The SMILES string of the molecule is CC(=O)NC1(CC(=O)N2CCCC(C3CCCN(C(=O)c4cn5cc(C)nc5s4)C3)C2)CC1. The molecule has 2 aromatic rings. The van der Waals surface area contributed by atoms with Crippen LogP contribution >= 0.6 is 11.3 Å². The number of thiazole rings is 1. The van der Waals surface area contributed by atoms with Gasteiger partial charge in [-0.1, -0.05) is 11.3 Å². The quantitative estimate of drug-likeness (QED) is 0.727. The number of nitrogens with zero attached hydrogens (tertiary/aromatic N) is 4. The Kier molecular flexibility index (Phi) is 5.93. The smallest absolute Gasteiger partial charge is 0.265 e. The molecule has 4 heterocycles. The van der Waals surface area contributed by atoms with Crippen LogP contribution in [0.3, 0.4) is 0 Å². The summed E-state index contributed by atoms with van der Waals surface area (Å²) in [6, 6.07) is 0. The molecule has 0 bridgehead atoms. The Labute approximate surface area is 198 Å². The second kappa shape index (κ2) is 8.74. The topological polar surface area (TPSA) is 87.0 Å². The van der Waals surface area contributed by atoms with E-state index in [1.54, 1.807) is 0 Å². The summed E-state index contributed by atoms with van der Waals surface area (Å²) >= 11 is 1.45. The van der Waals surface area contributed by atoms with Gasteiger partial charge in [0.05, 0.1) is 5.69 Å². The molecule has 9 heteroatoms. The third kappa shape index (κ3) is 4.78. The largest absolute Gasteiger partial charge is 0.350 e. The first-order valence-electron chi connectivity index (χ1n) is 12.1. The van der Waals surface area contributed by atoms with Gasteiger partial charge in [-0.05, 0) is 57.3 Å². The molecule has 0 radical (unpaired) electrons. The minimum absolute atomic E-state index is 0.0574. The summed E-state index contributed by atoms with van der Waals surface area (Å²) in [7, 11) is 0. The van der Waals surface area contributed by atoms with Gasteiger partial charge in [-0.2, -0.15) is 0 Å². The molecule has 2 atom stereocenters. The highest BCUT2D eigenvalue weighted by Crippen LogP contribution is 2.40. The average Bonchev–Trinajstić information content (AvgIpc) is 3.27. The number of piperidine rings is 2. The first-order chi connectivity index (χ1) is 15.8. The van der Waals surface area contributed by atoms with Crippen molar-refractivity contribution in [3.63, 3.8) is 0 Å². The number of carbonyl (C=O) groups excluding carboxylic acids is 3. The molecule has 8 nitrogen and oxygen atoms in total. The van der Waals surface area contributed by atoms with Crippen LogP contribution in [0, 0.1) is 18.8 Å². The number of nitrogens with one attached hydrogen (secondary N) is 1. The second-order valence-electron chi connectivity index (χ2n) is 10.2. The van der Waals surface area contributed by atoms with E-state index in [2.05, 4.69) is 10.3 Å². The van der Waals surface area contributed by atoms with E-state index in [0.717, 1.165) is 80.2 Å². The zero-order valence-corrected chi connectivity index (χ0v) is 20.3. The Morgan fingerprint density at radius 3 is 2.39 bits per heavy atom. The molecule has 2 aromatic heterocycles. The van der Waals surface area contributed by atoms with Gasteiger partial charge in [-0.3, -0.25) is 18.8 Å². The molecular formula is C24H33N5O3S. The first kappa shape index (κ1) is 22.4. The Hall–Kier alpha value is -2.42. The summed E-state index contributed by atoms with van der Waals surface area (Å²) in [6.07, 6.45) is 10.3. The number of carbonyl (C=O) groups is 3. The maximum atomic E-state index is 13.2. The van der Waals surface area contributed by atoms with Crippen LogP contribution in [0.2, 0.25) is 0 Å². The Balaban J connectivity index is 1.20. The van der Waals surface area contributed by atoms with Crippen molar-refractivity contribution in [1.29, 1.82) is 0 Å². The van der Waals surface area contributed by atoms with E-state index >= 15 is 0 Å². The molecule has 2 saturated heterocycles. The number of aromatic nitrogens is 2. The Bertz CT molecular complexity index is 1040. The summed E-state index contributed by atoms with van der Waals surface area (Å²) in [5, 5.41) is 2.98. The minimum atomic E-state index is -0.303. The van der Waals surface area contributed by atoms with Crippen LogP contribution in [-0.2, 0) is 9.59 Å².